The Kier molecular flexibility index (Phi) is 7.08. The highest BCUT2D eigenvalue weighted by molar-refractivity contribution is 9.09. The van der Waals surface area contributed by atoms with E-state index in [1.165, 1.54) is 0 Å². The van der Waals surface area contributed by atoms with Crippen LogP contribution >= 0.6 is 15.9 Å². The van der Waals surface area contributed by atoms with Crippen LogP contribution in [0.2, 0.25) is 0 Å². The van der Waals surface area contributed by atoms with E-state index in [0.29, 0.717) is 13.0 Å². The van der Waals surface area contributed by atoms with Gasteiger partial charge in [-0.25, -0.2) is 13.1 Å². The van der Waals surface area contributed by atoms with Gasteiger partial charge >= 0.3 is 0 Å². The lowest BCUT2D eigenvalue weighted by Gasteiger charge is -2.03. The van der Waals surface area contributed by atoms with Gasteiger partial charge in [0.05, 0.1) is 5.75 Å². The van der Waals surface area contributed by atoms with Gasteiger partial charge in [0.25, 0.3) is 0 Å². The number of halogens is 1. The van der Waals surface area contributed by atoms with E-state index in [0.717, 1.165) is 18.2 Å². The number of rotatable bonds is 7. The molecule has 0 aliphatic rings. The number of nitrogens with one attached hydrogen (secondary N) is 1. The van der Waals surface area contributed by atoms with Crippen LogP contribution in [-0.2, 0) is 10.0 Å². The molecule has 12 heavy (non-hydrogen) atoms. The van der Waals surface area contributed by atoms with Crippen molar-refractivity contribution < 1.29 is 8.42 Å². The third-order valence-corrected chi connectivity index (χ3v) is 3.51. The van der Waals surface area contributed by atoms with Crippen molar-refractivity contribution in [2.24, 2.45) is 0 Å². The average Bonchev–Trinajstić information content (AvgIpc) is 1.98. The average molecular weight is 258 g/mol. The summed E-state index contributed by atoms with van der Waals surface area (Å²) in [5, 5.41) is 0.933. The first-order valence-electron chi connectivity index (χ1n) is 4.15. The SMILES string of the molecule is CCCS(=O)(=O)NCCCCBr. The van der Waals surface area contributed by atoms with Crippen molar-refractivity contribution in [1.82, 2.24) is 4.72 Å². The lowest BCUT2D eigenvalue weighted by Crippen LogP contribution is -2.27. The van der Waals surface area contributed by atoms with Crippen molar-refractivity contribution >= 4 is 26.0 Å². The van der Waals surface area contributed by atoms with Crippen LogP contribution in [0, 0.1) is 0 Å². The van der Waals surface area contributed by atoms with Gasteiger partial charge in [-0.2, -0.15) is 0 Å². The molecule has 0 aromatic carbocycles. The normalized spacial score (nSPS) is 11.8. The molecule has 0 saturated carbocycles. The van der Waals surface area contributed by atoms with E-state index in [4.69, 9.17) is 0 Å². The predicted molar refractivity (Wildman–Crippen MR) is 55.1 cm³/mol. The van der Waals surface area contributed by atoms with Crippen LogP contribution in [0.1, 0.15) is 26.2 Å². The molecule has 1 N–H and O–H groups in total. The van der Waals surface area contributed by atoms with Gasteiger partial charge in [0.15, 0.2) is 0 Å². The highest BCUT2D eigenvalue weighted by Crippen LogP contribution is 1.94. The topological polar surface area (TPSA) is 46.2 Å². The molecule has 0 aliphatic heterocycles. The number of unbranched alkanes of at least 4 members (excludes halogenated alkanes) is 1. The second kappa shape index (κ2) is 6.86. The molecule has 0 amide bonds. The monoisotopic (exact) mass is 257 g/mol. The van der Waals surface area contributed by atoms with Crippen LogP contribution in [0.25, 0.3) is 0 Å². The van der Waals surface area contributed by atoms with E-state index in [1.54, 1.807) is 0 Å². The summed E-state index contributed by atoms with van der Waals surface area (Å²) in [6, 6.07) is 0. The second-order valence-electron chi connectivity index (χ2n) is 2.61. The van der Waals surface area contributed by atoms with E-state index >= 15 is 0 Å². The quantitative estimate of drug-likeness (QED) is 0.555. The predicted octanol–water partition coefficient (Wildman–Crippen LogP) is 1.49. The van der Waals surface area contributed by atoms with Crippen LogP contribution < -0.4 is 4.72 Å². The zero-order valence-electron chi connectivity index (χ0n) is 7.35. The Hall–Kier alpha value is 0.390. The molecular weight excluding hydrogens is 242 g/mol. The first kappa shape index (κ1) is 12.4. The molecule has 0 unspecified atom stereocenters. The summed E-state index contributed by atoms with van der Waals surface area (Å²) in [5.41, 5.74) is 0. The minimum absolute atomic E-state index is 0.237. The van der Waals surface area contributed by atoms with Crippen LogP contribution in [-0.4, -0.2) is 26.0 Å². The molecule has 0 bridgehead atoms. The first-order valence-corrected chi connectivity index (χ1v) is 6.93. The zero-order valence-corrected chi connectivity index (χ0v) is 9.75. The van der Waals surface area contributed by atoms with E-state index < -0.39 is 10.0 Å². The molecule has 3 nitrogen and oxygen atoms in total. The van der Waals surface area contributed by atoms with Crippen LogP contribution in [0.5, 0.6) is 0 Å². The molecule has 0 saturated heterocycles. The van der Waals surface area contributed by atoms with E-state index in [1.807, 2.05) is 6.92 Å². The van der Waals surface area contributed by atoms with Gasteiger partial charge in [0.1, 0.15) is 0 Å². The maximum absolute atomic E-state index is 11.1. The molecule has 0 radical (unpaired) electrons. The number of sulfonamides is 1. The fraction of sp³-hybridized carbons (Fsp3) is 1.00. The lowest BCUT2D eigenvalue weighted by molar-refractivity contribution is 0.577. The molecule has 0 spiro atoms. The first-order chi connectivity index (χ1) is 5.62. The molecule has 0 heterocycles. The second-order valence-corrected chi connectivity index (χ2v) is 5.33. The summed E-state index contributed by atoms with van der Waals surface area (Å²) in [6.07, 6.45) is 2.58. The van der Waals surface area contributed by atoms with Crippen molar-refractivity contribution in [3.05, 3.63) is 0 Å². The number of hydrogen-bond donors (Lipinski definition) is 1. The zero-order chi connectivity index (χ0) is 9.45. The molecule has 74 valence electrons. The van der Waals surface area contributed by atoms with Crippen LogP contribution in [0.15, 0.2) is 0 Å². The van der Waals surface area contributed by atoms with Gasteiger partial charge in [-0.15, -0.1) is 0 Å². The van der Waals surface area contributed by atoms with E-state index in [2.05, 4.69) is 20.7 Å². The van der Waals surface area contributed by atoms with Gasteiger partial charge < -0.3 is 0 Å². The molecule has 0 fully saturated rings. The summed E-state index contributed by atoms with van der Waals surface area (Å²) in [7, 11) is -2.98. The highest BCUT2D eigenvalue weighted by atomic mass is 79.9. The van der Waals surface area contributed by atoms with Crippen molar-refractivity contribution in [3.63, 3.8) is 0 Å². The molecule has 5 heteroatoms. The van der Waals surface area contributed by atoms with E-state index in [-0.39, 0.29) is 5.75 Å². The van der Waals surface area contributed by atoms with Crippen LogP contribution in [0.3, 0.4) is 0 Å². The summed E-state index contributed by atoms with van der Waals surface area (Å²) in [5.74, 6) is 0.237. The van der Waals surface area contributed by atoms with Crippen molar-refractivity contribution in [2.45, 2.75) is 26.2 Å². The Morgan fingerprint density at radius 1 is 1.33 bits per heavy atom. The highest BCUT2D eigenvalue weighted by Gasteiger charge is 2.05. The Bertz CT molecular complexity index is 192. The van der Waals surface area contributed by atoms with Crippen LogP contribution in [0.4, 0.5) is 0 Å². The summed E-state index contributed by atoms with van der Waals surface area (Å²) in [6.45, 7) is 2.42. The minimum atomic E-state index is -2.98. The van der Waals surface area contributed by atoms with Gasteiger partial charge in [0.2, 0.25) is 10.0 Å². The van der Waals surface area contributed by atoms with Gasteiger partial charge in [-0.3, -0.25) is 0 Å². The number of hydrogen-bond acceptors (Lipinski definition) is 2. The molecule has 0 aromatic heterocycles. The third-order valence-electron chi connectivity index (χ3n) is 1.36. The van der Waals surface area contributed by atoms with Crippen molar-refractivity contribution in [1.29, 1.82) is 0 Å². The molecule has 0 atom stereocenters. The Labute approximate surface area is 83.1 Å². The fourth-order valence-electron chi connectivity index (χ4n) is 0.788. The molecular formula is C7H16BrNO2S. The molecule has 0 aliphatic carbocycles. The maximum Gasteiger partial charge on any atom is 0.211 e. The minimum Gasteiger partial charge on any atom is -0.215 e. The molecule has 0 aromatic rings. The van der Waals surface area contributed by atoms with Crippen molar-refractivity contribution in [3.8, 4) is 0 Å². The Morgan fingerprint density at radius 2 is 2.00 bits per heavy atom. The smallest absolute Gasteiger partial charge is 0.211 e. The van der Waals surface area contributed by atoms with E-state index in [9.17, 15) is 8.42 Å². The maximum atomic E-state index is 11.1. The van der Waals surface area contributed by atoms with Gasteiger partial charge in [0, 0.05) is 11.9 Å². The summed E-state index contributed by atoms with van der Waals surface area (Å²) < 4.78 is 24.7. The van der Waals surface area contributed by atoms with Gasteiger partial charge in [-0.05, 0) is 19.3 Å². The standard InChI is InChI=1S/C7H16BrNO2S/c1-2-7-12(10,11)9-6-4-3-5-8/h9H,2-7H2,1H3. The summed E-state index contributed by atoms with van der Waals surface area (Å²) >= 11 is 3.28. The Morgan fingerprint density at radius 3 is 2.50 bits per heavy atom. The lowest BCUT2D eigenvalue weighted by atomic mass is 10.3. The fourth-order valence-corrected chi connectivity index (χ4v) is 2.32. The summed E-state index contributed by atoms with van der Waals surface area (Å²) in [4.78, 5) is 0. The molecule has 0 rings (SSSR count). The number of alkyl halides is 1. The van der Waals surface area contributed by atoms with Crippen molar-refractivity contribution in [2.75, 3.05) is 17.6 Å². The Balaban J connectivity index is 3.48. The largest absolute Gasteiger partial charge is 0.215 e. The van der Waals surface area contributed by atoms with Gasteiger partial charge in [-0.1, -0.05) is 22.9 Å². The third kappa shape index (κ3) is 7.06.